The summed E-state index contributed by atoms with van der Waals surface area (Å²) in [5, 5.41) is 0.505. The van der Waals surface area contributed by atoms with Crippen molar-refractivity contribution in [1.29, 1.82) is 0 Å². The molecule has 1 aliphatic rings. The molecule has 1 aliphatic heterocycles. The summed E-state index contributed by atoms with van der Waals surface area (Å²) in [6.07, 6.45) is 2.30. The van der Waals surface area contributed by atoms with Gasteiger partial charge >= 0.3 is 0 Å². The highest BCUT2D eigenvalue weighted by Crippen LogP contribution is 2.29. The normalized spacial score (nSPS) is 20.1. The molecule has 0 bridgehead atoms. The van der Waals surface area contributed by atoms with Crippen LogP contribution in [-0.2, 0) is 4.79 Å². The first-order valence-electron chi connectivity index (χ1n) is 5.03. The SMILES string of the molecule is NC(=O)C1CCN(c2ncc(N)cc2Cl)C1. The zero-order valence-corrected chi connectivity index (χ0v) is 9.44. The number of anilines is 2. The summed E-state index contributed by atoms with van der Waals surface area (Å²) in [5.74, 6) is 0.282. The summed E-state index contributed by atoms with van der Waals surface area (Å²) < 4.78 is 0. The fraction of sp³-hybridized carbons (Fsp3) is 0.400. The Hall–Kier alpha value is -1.49. The van der Waals surface area contributed by atoms with Crippen LogP contribution in [0.3, 0.4) is 0 Å². The van der Waals surface area contributed by atoms with E-state index >= 15 is 0 Å². The van der Waals surface area contributed by atoms with Gasteiger partial charge in [0.25, 0.3) is 0 Å². The molecule has 4 N–H and O–H groups in total. The van der Waals surface area contributed by atoms with Crippen molar-refractivity contribution in [3.63, 3.8) is 0 Å². The standard InChI is InChI=1S/C10H13ClN4O/c11-8-3-7(12)4-14-10(8)15-2-1-6(5-15)9(13)16/h3-4,6H,1-2,5,12H2,(H2,13,16). The number of rotatable bonds is 2. The van der Waals surface area contributed by atoms with E-state index < -0.39 is 0 Å². The number of nitrogen functional groups attached to an aromatic ring is 1. The van der Waals surface area contributed by atoms with Gasteiger partial charge in [0.15, 0.2) is 0 Å². The Morgan fingerprint density at radius 2 is 2.38 bits per heavy atom. The van der Waals surface area contributed by atoms with Crippen molar-refractivity contribution < 1.29 is 4.79 Å². The highest BCUT2D eigenvalue weighted by molar-refractivity contribution is 6.33. The molecule has 1 amide bonds. The van der Waals surface area contributed by atoms with Crippen LogP contribution in [0.5, 0.6) is 0 Å². The van der Waals surface area contributed by atoms with Crippen LogP contribution in [0, 0.1) is 5.92 Å². The molecule has 86 valence electrons. The molecule has 1 aromatic rings. The van der Waals surface area contributed by atoms with E-state index in [1.165, 1.54) is 0 Å². The van der Waals surface area contributed by atoms with Gasteiger partial charge in [0.1, 0.15) is 5.82 Å². The number of nitrogens with two attached hydrogens (primary N) is 2. The van der Waals surface area contributed by atoms with Crippen molar-refractivity contribution in [1.82, 2.24) is 4.98 Å². The number of halogens is 1. The molecule has 1 aromatic heterocycles. The van der Waals surface area contributed by atoms with Gasteiger partial charge in [-0.05, 0) is 12.5 Å². The Morgan fingerprint density at radius 1 is 1.62 bits per heavy atom. The number of primary amides is 1. The van der Waals surface area contributed by atoms with Crippen molar-refractivity contribution in [2.24, 2.45) is 11.7 Å². The first-order chi connectivity index (χ1) is 7.58. The molecule has 0 radical (unpaired) electrons. The number of amides is 1. The highest BCUT2D eigenvalue weighted by atomic mass is 35.5. The molecule has 2 heterocycles. The topological polar surface area (TPSA) is 85.2 Å². The van der Waals surface area contributed by atoms with Gasteiger partial charge in [-0.3, -0.25) is 4.79 Å². The van der Waals surface area contributed by atoms with Crippen molar-refractivity contribution in [3.05, 3.63) is 17.3 Å². The van der Waals surface area contributed by atoms with Crippen LogP contribution in [0.15, 0.2) is 12.3 Å². The number of carbonyl (C=O) groups is 1. The van der Waals surface area contributed by atoms with E-state index in [0.717, 1.165) is 13.0 Å². The predicted molar refractivity (Wildman–Crippen MR) is 63.2 cm³/mol. The van der Waals surface area contributed by atoms with E-state index in [-0.39, 0.29) is 11.8 Å². The number of hydrogen-bond acceptors (Lipinski definition) is 4. The van der Waals surface area contributed by atoms with Gasteiger partial charge in [-0.25, -0.2) is 4.98 Å². The molecular weight excluding hydrogens is 228 g/mol. The van der Waals surface area contributed by atoms with Crippen LogP contribution in [-0.4, -0.2) is 24.0 Å². The van der Waals surface area contributed by atoms with E-state index in [4.69, 9.17) is 23.1 Å². The third kappa shape index (κ3) is 2.04. The average Bonchev–Trinajstić information content (AvgIpc) is 2.66. The Balaban J connectivity index is 2.17. The number of nitrogens with zero attached hydrogens (tertiary/aromatic N) is 2. The molecule has 0 spiro atoms. The maximum atomic E-state index is 11.0. The minimum atomic E-state index is -0.269. The molecule has 1 fully saturated rings. The predicted octanol–water partition coefficient (Wildman–Crippen LogP) is 0.629. The smallest absolute Gasteiger partial charge is 0.222 e. The Labute approximate surface area is 98.4 Å². The summed E-state index contributed by atoms with van der Waals surface area (Å²) in [6.45, 7) is 1.32. The molecule has 6 heteroatoms. The van der Waals surface area contributed by atoms with Gasteiger partial charge in [0.05, 0.1) is 22.8 Å². The first-order valence-corrected chi connectivity index (χ1v) is 5.41. The van der Waals surface area contributed by atoms with Crippen LogP contribution in [0.4, 0.5) is 11.5 Å². The van der Waals surface area contributed by atoms with Gasteiger partial charge in [0.2, 0.25) is 5.91 Å². The molecule has 1 atom stereocenters. The average molecular weight is 241 g/mol. The van der Waals surface area contributed by atoms with Gasteiger partial charge in [0, 0.05) is 13.1 Å². The van der Waals surface area contributed by atoms with Crippen molar-refractivity contribution in [2.75, 3.05) is 23.7 Å². The van der Waals surface area contributed by atoms with E-state index in [2.05, 4.69) is 4.98 Å². The van der Waals surface area contributed by atoms with Crippen molar-refractivity contribution in [2.45, 2.75) is 6.42 Å². The number of carbonyl (C=O) groups excluding carboxylic acids is 1. The van der Waals surface area contributed by atoms with E-state index in [1.54, 1.807) is 12.3 Å². The van der Waals surface area contributed by atoms with Crippen LogP contribution in [0.1, 0.15) is 6.42 Å². The summed E-state index contributed by atoms with van der Waals surface area (Å²) in [5.41, 5.74) is 11.4. The summed E-state index contributed by atoms with van der Waals surface area (Å²) in [6, 6.07) is 1.65. The van der Waals surface area contributed by atoms with Gasteiger partial charge < -0.3 is 16.4 Å². The van der Waals surface area contributed by atoms with Crippen LogP contribution in [0.25, 0.3) is 0 Å². The molecular formula is C10H13ClN4O. The Morgan fingerprint density at radius 3 is 2.94 bits per heavy atom. The van der Waals surface area contributed by atoms with E-state index in [1.807, 2.05) is 4.90 Å². The number of aromatic nitrogens is 1. The van der Waals surface area contributed by atoms with Gasteiger partial charge in [-0.2, -0.15) is 0 Å². The number of pyridine rings is 1. The molecule has 16 heavy (non-hydrogen) atoms. The minimum Gasteiger partial charge on any atom is -0.397 e. The lowest BCUT2D eigenvalue weighted by Crippen LogP contribution is -2.27. The molecule has 0 aliphatic carbocycles. The summed E-state index contributed by atoms with van der Waals surface area (Å²) >= 11 is 6.04. The first kappa shape index (κ1) is 11.0. The fourth-order valence-corrected chi connectivity index (χ4v) is 2.16. The Kier molecular flexibility index (Phi) is 2.87. The molecule has 5 nitrogen and oxygen atoms in total. The number of hydrogen-bond donors (Lipinski definition) is 2. The molecule has 0 aromatic carbocycles. The van der Waals surface area contributed by atoms with Crippen LogP contribution < -0.4 is 16.4 Å². The lowest BCUT2D eigenvalue weighted by Gasteiger charge is -2.18. The maximum Gasteiger partial charge on any atom is 0.222 e. The summed E-state index contributed by atoms with van der Waals surface area (Å²) in [7, 11) is 0. The largest absolute Gasteiger partial charge is 0.397 e. The Bertz CT molecular complexity index is 423. The van der Waals surface area contributed by atoms with Crippen LogP contribution in [0.2, 0.25) is 5.02 Å². The van der Waals surface area contributed by atoms with Crippen molar-refractivity contribution in [3.8, 4) is 0 Å². The van der Waals surface area contributed by atoms with E-state index in [0.29, 0.717) is 23.1 Å². The zero-order chi connectivity index (χ0) is 11.7. The monoisotopic (exact) mass is 240 g/mol. The lowest BCUT2D eigenvalue weighted by molar-refractivity contribution is -0.121. The second-order valence-corrected chi connectivity index (χ2v) is 4.32. The molecule has 1 unspecified atom stereocenters. The van der Waals surface area contributed by atoms with Crippen molar-refractivity contribution >= 4 is 29.0 Å². The third-order valence-corrected chi connectivity index (χ3v) is 3.01. The third-order valence-electron chi connectivity index (χ3n) is 2.73. The molecule has 2 rings (SSSR count). The maximum absolute atomic E-state index is 11.0. The second kappa shape index (κ2) is 4.17. The van der Waals surface area contributed by atoms with E-state index in [9.17, 15) is 4.79 Å². The second-order valence-electron chi connectivity index (χ2n) is 3.91. The molecule has 0 saturated carbocycles. The lowest BCUT2D eigenvalue weighted by atomic mass is 10.1. The zero-order valence-electron chi connectivity index (χ0n) is 8.69. The van der Waals surface area contributed by atoms with Crippen LogP contribution >= 0.6 is 11.6 Å². The molecule has 1 saturated heterocycles. The quantitative estimate of drug-likeness (QED) is 0.794. The fourth-order valence-electron chi connectivity index (χ4n) is 1.86. The van der Waals surface area contributed by atoms with Gasteiger partial charge in [-0.15, -0.1) is 0 Å². The minimum absolute atomic E-state index is 0.115. The highest BCUT2D eigenvalue weighted by Gasteiger charge is 2.28. The summed E-state index contributed by atoms with van der Waals surface area (Å²) in [4.78, 5) is 17.2. The van der Waals surface area contributed by atoms with Gasteiger partial charge in [-0.1, -0.05) is 11.6 Å².